The Morgan fingerprint density at radius 2 is 2.17 bits per heavy atom. The summed E-state index contributed by atoms with van der Waals surface area (Å²) in [6.07, 6.45) is -6.10. The lowest BCUT2D eigenvalue weighted by molar-refractivity contribution is -0.210. The summed E-state index contributed by atoms with van der Waals surface area (Å²) in [5.41, 5.74) is 1.29. The van der Waals surface area contributed by atoms with Crippen LogP contribution in [0.15, 0.2) is 18.2 Å². The molecule has 1 aromatic carbocycles. The van der Waals surface area contributed by atoms with Gasteiger partial charge < -0.3 is 9.64 Å². The molecule has 1 saturated heterocycles. The molecule has 2 aliphatic heterocycles. The smallest absolute Gasteiger partial charge is 0.438 e. The summed E-state index contributed by atoms with van der Waals surface area (Å²) in [6, 6.07) is 5.82. The van der Waals surface area contributed by atoms with Crippen LogP contribution >= 0.6 is 0 Å². The lowest BCUT2D eigenvalue weighted by Crippen LogP contribution is -2.63. The first-order chi connectivity index (χ1) is 11.3. The van der Waals surface area contributed by atoms with Crippen molar-refractivity contribution in [2.45, 2.75) is 24.9 Å². The van der Waals surface area contributed by atoms with E-state index in [0.29, 0.717) is 16.7 Å². The van der Waals surface area contributed by atoms with Crippen molar-refractivity contribution in [2.75, 3.05) is 13.1 Å². The SMILES string of the molecule is N#Cc1ccc2c(c1)C(=O)N1CCNC(OC(=O)C(F)(F)F)C1C2. The molecule has 24 heavy (non-hydrogen) atoms. The van der Waals surface area contributed by atoms with Gasteiger partial charge in [0.05, 0.1) is 17.7 Å². The number of halogens is 3. The van der Waals surface area contributed by atoms with Crippen LogP contribution in [-0.2, 0) is 16.0 Å². The molecule has 1 fully saturated rings. The number of ether oxygens (including phenoxy) is 1. The number of nitrogens with one attached hydrogen (secondary N) is 1. The average Bonchev–Trinajstić information content (AvgIpc) is 2.54. The molecule has 126 valence electrons. The maximum absolute atomic E-state index is 12.6. The highest BCUT2D eigenvalue weighted by Crippen LogP contribution is 2.29. The second kappa shape index (κ2) is 5.79. The highest BCUT2D eigenvalue weighted by atomic mass is 19.4. The third-order valence-corrected chi connectivity index (χ3v) is 4.07. The molecule has 0 bridgehead atoms. The Kier molecular flexibility index (Phi) is 3.93. The summed E-state index contributed by atoms with van der Waals surface area (Å²) in [5, 5.41) is 11.6. The molecule has 0 aliphatic carbocycles. The number of nitriles is 1. The van der Waals surface area contributed by atoms with E-state index in [2.05, 4.69) is 10.1 Å². The van der Waals surface area contributed by atoms with E-state index in [1.54, 1.807) is 6.07 Å². The van der Waals surface area contributed by atoms with E-state index in [4.69, 9.17) is 5.26 Å². The van der Waals surface area contributed by atoms with E-state index >= 15 is 0 Å². The van der Waals surface area contributed by atoms with Gasteiger partial charge in [-0.1, -0.05) is 6.07 Å². The van der Waals surface area contributed by atoms with E-state index in [1.807, 2.05) is 6.07 Å². The fourth-order valence-electron chi connectivity index (χ4n) is 2.97. The lowest BCUT2D eigenvalue weighted by atomic mass is 9.90. The molecule has 2 heterocycles. The Morgan fingerprint density at radius 1 is 1.42 bits per heavy atom. The molecule has 2 aliphatic rings. The number of fused-ring (bicyclic) bond motifs is 2. The first-order valence-corrected chi connectivity index (χ1v) is 7.16. The van der Waals surface area contributed by atoms with Crippen LogP contribution in [0.5, 0.6) is 0 Å². The molecule has 3 rings (SSSR count). The van der Waals surface area contributed by atoms with Crippen LogP contribution in [-0.4, -0.2) is 48.3 Å². The summed E-state index contributed by atoms with van der Waals surface area (Å²) in [5.74, 6) is -2.67. The number of rotatable bonds is 1. The fourth-order valence-corrected chi connectivity index (χ4v) is 2.97. The number of piperazine rings is 1. The number of nitrogens with zero attached hydrogens (tertiary/aromatic N) is 2. The van der Waals surface area contributed by atoms with Crippen molar-refractivity contribution in [3.63, 3.8) is 0 Å². The first kappa shape index (κ1) is 16.3. The van der Waals surface area contributed by atoms with Crippen LogP contribution < -0.4 is 5.32 Å². The fraction of sp³-hybridized carbons (Fsp3) is 0.400. The Balaban J connectivity index is 1.88. The predicted molar refractivity (Wildman–Crippen MR) is 73.6 cm³/mol. The summed E-state index contributed by atoms with van der Waals surface area (Å²) >= 11 is 0. The minimum atomic E-state index is -5.10. The van der Waals surface area contributed by atoms with E-state index in [1.165, 1.54) is 17.0 Å². The summed E-state index contributed by atoms with van der Waals surface area (Å²) in [6.45, 7) is 0.477. The molecule has 6 nitrogen and oxygen atoms in total. The van der Waals surface area contributed by atoms with Crippen LogP contribution in [0, 0.1) is 11.3 Å². The standard InChI is InChI=1S/C15H12F3N3O3/c16-15(17,18)14(23)24-12-11-6-9-2-1-8(7-19)5-10(9)13(22)21(11)4-3-20-12/h1-2,5,11-12,20H,3-4,6H2. The molecule has 0 saturated carbocycles. The van der Waals surface area contributed by atoms with Crippen LogP contribution in [0.3, 0.4) is 0 Å². The van der Waals surface area contributed by atoms with Crippen molar-refractivity contribution >= 4 is 11.9 Å². The molecule has 2 unspecified atom stereocenters. The first-order valence-electron chi connectivity index (χ1n) is 7.16. The molecular formula is C15H12F3N3O3. The summed E-state index contributed by atoms with van der Waals surface area (Å²) in [7, 11) is 0. The zero-order chi connectivity index (χ0) is 17.5. The molecule has 1 aromatic rings. The number of carbonyl (C=O) groups excluding carboxylic acids is 2. The van der Waals surface area contributed by atoms with Gasteiger partial charge in [0.15, 0.2) is 6.23 Å². The third-order valence-electron chi connectivity index (χ3n) is 4.07. The maximum Gasteiger partial charge on any atom is 0.490 e. The van der Waals surface area contributed by atoms with E-state index < -0.39 is 24.4 Å². The molecular weight excluding hydrogens is 327 g/mol. The number of amides is 1. The van der Waals surface area contributed by atoms with Crippen LogP contribution in [0.25, 0.3) is 0 Å². The Hall–Kier alpha value is -2.60. The van der Waals surface area contributed by atoms with Crippen LogP contribution in [0.2, 0.25) is 0 Å². The van der Waals surface area contributed by atoms with Crippen molar-refractivity contribution in [1.29, 1.82) is 5.26 Å². The molecule has 0 aromatic heterocycles. The van der Waals surface area contributed by atoms with Gasteiger partial charge in [-0.2, -0.15) is 18.4 Å². The molecule has 9 heteroatoms. The van der Waals surface area contributed by atoms with Crippen molar-refractivity contribution in [3.05, 3.63) is 34.9 Å². The zero-order valence-electron chi connectivity index (χ0n) is 12.3. The topological polar surface area (TPSA) is 82.4 Å². The van der Waals surface area contributed by atoms with Gasteiger partial charge in [-0.25, -0.2) is 4.79 Å². The Labute approximate surface area is 134 Å². The highest BCUT2D eigenvalue weighted by molar-refractivity contribution is 5.97. The molecule has 0 spiro atoms. The van der Waals surface area contributed by atoms with Crippen molar-refractivity contribution in [3.8, 4) is 6.07 Å². The summed E-state index contributed by atoms with van der Waals surface area (Å²) < 4.78 is 41.8. The van der Waals surface area contributed by atoms with Crippen molar-refractivity contribution in [2.24, 2.45) is 0 Å². The number of hydrogen-bond acceptors (Lipinski definition) is 5. The highest BCUT2D eigenvalue weighted by Gasteiger charge is 2.46. The number of carbonyl (C=O) groups is 2. The second-order valence-corrected chi connectivity index (χ2v) is 5.53. The van der Waals surface area contributed by atoms with Gasteiger partial charge in [-0.05, 0) is 24.1 Å². The van der Waals surface area contributed by atoms with Gasteiger partial charge in [0.1, 0.15) is 0 Å². The normalized spacial score (nSPS) is 23.1. The minimum Gasteiger partial charge on any atom is -0.438 e. The monoisotopic (exact) mass is 339 g/mol. The summed E-state index contributed by atoms with van der Waals surface area (Å²) in [4.78, 5) is 25.0. The van der Waals surface area contributed by atoms with Gasteiger partial charge >= 0.3 is 12.1 Å². The van der Waals surface area contributed by atoms with Crippen molar-refractivity contribution < 1.29 is 27.5 Å². The van der Waals surface area contributed by atoms with E-state index in [9.17, 15) is 22.8 Å². The molecule has 2 atom stereocenters. The van der Waals surface area contributed by atoms with Gasteiger partial charge in [-0.3, -0.25) is 10.1 Å². The second-order valence-electron chi connectivity index (χ2n) is 5.53. The van der Waals surface area contributed by atoms with Crippen LogP contribution in [0.4, 0.5) is 13.2 Å². The number of alkyl halides is 3. The van der Waals surface area contributed by atoms with Gasteiger partial charge in [0, 0.05) is 18.7 Å². The third kappa shape index (κ3) is 2.80. The Morgan fingerprint density at radius 3 is 2.83 bits per heavy atom. The zero-order valence-corrected chi connectivity index (χ0v) is 12.3. The predicted octanol–water partition coefficient (Wildman–Crippen LogP) is 0.960. The van der Waals surface area contributed by atoms with Crippen molar-refractivity contribution in [1.82, 2.24) is 10.2 Å². The number of hydrogen-bond donors (Lipinski definition) is 1. The van der Waals surface area contributed by atoms with E-state index in [0.717, 1.165) is 0 Å². The molecule has 1 amide bonds. The maximum atomic E-state index is 12.6. The van der Waals surface area contributed by atoms with Crippen LogP contribution in [0.1, 0.15) is 21.5 Å². The quantitative estimate of drug-likeness (QED) is 0.771. The van der Waals surface area contributed by atoms with Gasteiger partial charge in [-0.15, -0.1) is 0 Å². The largest absolute Gasteiger partial charge is 0.490 e. The molecule has 1 N–H and O–H groups in total. The lowest BCUT2D eigenvalue weighted by Gasteiger charge is -2.44. The molecule has 0 radical (unpaired) electrons. The number of esters is 1. The van der Waals surface area contributed by atoms with Gasteiger partial charge in [0.2, 0.25) is 0 Å². The minimum absolute atomic E-state index is 0.200. The average molecular weight is 339 g/mol. The number of benzene rings is 1. The van der Waals surface area contributed by atoms with E-state index in [-0.39, 0.29) is 25.4 Å². The Bertz CT molecular complexity index is 742. The van der Waals surface area contributed by atoms with Gasteiger partial charge in [0.25, 0.3) is 5.91 Å².